The highest BCUT2D eigenvalue weighted by molar-refractivity contribution is 5.80. The van der Waals surface area contributed by atoms with Gasteiger partial charge in [-0.05, 0) is 13.0 Å². The monoisotopic (exact) mass is 250 g/mol. The fraction of sp³-hybridized carbons (Fsp3) is 0.333. The maximum absolute atomic E-state index is 13.1. The third-order valence-electron chi connectivity index (χ3n) is 3.21. The first kappa shape index (κ1) is 11.1. The second-order valence-electron chi connectivity index (χ2n) is 4.35. The zero-order chi connectivity index (χ0) is 12.9. The van der Waals surface area contributed by atoms with Crippen molar-refractivity contribution >= 4 is 5.69 Å². The van der Waals surface area contributed by atoms with Crippen LogP contribution in [0, 0.1) is 6.92 Å². The highest BCUT2D eigenvalue weighted by atomic mass is 19.3. The van der Waals surface area contributed by atoms with E-state index in [9.17, 15) is 8.78 Å². The number of anilines is 1. The topological polar surface area (TPSA) is 34.0 Å². The molecule has 0 unspecified atom stereocenters. The zero-order valence-corrected chi connectivity index (χ0v) is 10.1. The van der Waals surface area contributed by atoms with Gasteiger partial charge in [-0.2, -0.15) is 8.78 Å². The quantitative estimate of drug-likeness (QED) is 0.780. The number of nitrogens with zero attached hydrogens (tertiary/aromatic N) is 4. The van der Waals surface area contributed by atoms with Gasteiger partial charge in [0.1, 0.15) is 5.82 Å². The molecule has 0 saturated carbocycles. The number of hydrogen-bond acceptors (Lipinski definition) is 3. The number of pyridine rings is 1. The minimum Gasteiger partial charge on any atom is -0.367 e. The van der Waals surface area contributed by atoms with Crippen molar-refractivity contribution in [2.75, 3.05) is 11.9 Å². The van der Waals surface area contributed by atoms with Crippen LogP contribution in [0.4, 0.5) is 14.5 Å². The van der Waals surface area contributed by atoms with Crippen molar-refractivity contribution < 1.29 is 8.78 Å². The number of imidazole rings is 1. The van der Waals surface area contributed by atoms with Gasteiger partial charge in [-0.15, -0.1) is 0 Å². The molecular weight excluding hydrogens is 238 g/mol. The number of halogens is 2. The third-order valence-corrected chi connectivity index (χ3v) is 3.21. The lowest BCUT2D eigenvalue weighted by Gasteiger charge is -2.27. The average molecular weight is 250 g/mol. The number of hydrogen-bond donors (Lipinski definition) is 0. The van der Waals surface area contributed by atoms with Crippen LogP contribution in [0.5, 0.6) is 0 Å². The molecule has 6 heteroatoms. The van der Waals surface area contributed by atoms with Gasteiger partial charge >= 0.3 is 6.55 Å². The van der Waals surface area contributed by atoms with Crippen LogP contribution in [-0.4, -0.2) is 21.6 Å². The predicted molar refractivity (Wildman–Crippen MR) is 63.6 cm³/mol. The first-order valence-corrected chi connectivity index (χ1v) is 5.61. The second-order valence-corrected chi connectivity index (χ2v) is 4.35. The van der Waals surface area contributed by atoms with Crippen LogP contribution in [0.25, 0.3) is 11.3 Å². The van der Waals surface area contributed by atoms with Crippen molar-refractivity contribution in [1.29, 1.82) is 0 Å². The van der Waals surface area contributed by atoms with E-state index >= 15 is 0 Å². The smallest absolute Gasteiger partial charge is 0.320 e. The summed E-state index contributed by atoms with van der Waals surface area (Å²) in [7, 11) is 1.90. The molecule has 1 aliphatic heterocycles. The molecular formula is C12H12F2N4. The lowest BCUT2D eigenvalue weighted by Crippen LogP contribution is -2.22. The molecule has 1 aliphatic rings. The third kappa shape index (κ3) is 1.41. The fourth-order valence-corrected chi connectivity index (χ4v) is 2.44. The number of fused-ring (bicyclic) bond motifs is 3. The average Bonchev–Trinajstić information content (AvgIpc) is 2.66. The Morgan fingerprint density at radius 1 is 1.39 bits per heavy atom. The highest BCUT2D eigenvalue weighted by Gasteiger charge is 2.28. The summed E-state index contributed by atoms with van der Waals surface area (Å²) in [5.74, 6) is 0.341. The Morgan fingerprint density at radius 3 is 2.89 bits per heavy atom. The first-order valence-electron chi connectivity index (χ1n) is 5.61. The van der Waals surface area contributed by atoms with Gasteiger partial charge in [0, 0.05) is 18.8 Å². The molecule has 2 aromatic heterocycles. The molecule has 4 nitrogen and oxygen atoms in total. The van der Waals surface area contributed by atoms with E-state index in [2.05, 4.69) is 9.97 Å². The van der Waals surface area contributed by atoms with Crippen LogP contribution in [0.3, 0.4) is 0 Å². The molecule has 18 heavy (non-hydrogen) atoms. The van der Waals surface area contributed by atoms with Gasteiger partial charge in [-0.25, -0.2) is 4.98 Å². The van der Waals surface area contributed by atoms with Crippen molar-refractivity contribution in [3.63, 3.8) is 0 Å². The standard InChI is InChI=1S/C12H12F2N4/c1-7-16-9-6-17(2)10-5-15-4-3-8(10)11(9)18(7)12(13)14/h3-5,12H,6H2,1-2H3. The van der Waals surface area contributed by atoms with E-state index < -0.39 is 6.55 Å². The Balaban J connectivity index is 2.31. The summed E-state index contributed by atoms with van der Waals surface area (Å²) in [6.07, 6.45) is 3.30. The number of alkyl halides is 2. The highest BCUT2D eigenvalue weighted by Crippen LogP contribution is 2.39. The van der Waals surface area contributed by atoms with Crippen LogP contribution in [-0.2, 0) is 6.54 Å². The van der Waals surface area contributed by atoms with E-state index in [-0.39, 0.29) is 0 Å². The van der Waals surface area contributed by atoms with Crippen molar-refractivity contribution in [3.05, 3.63) is 30.0 Å². The van der Waals surface area contributed by atoms with Crippen molar-refractivity contribution in [2.24, 2.45) is 0 Å². The Morgan fingerprint density at radius 2 is 2.17 bits per heavy atom. The Labute approximate surface area is 103 Å². The van der Waals surface area contributed by atoms with Gasteiger partial charge in [-0.1, -0.05) is 0 Å². The molecule has 3 heterocycles. The molecule has 2 aromatic rings. The zero-order valence-electron chi connectivity index (χ0n) is 10.1. The minimum absolute atomic E-state index is 0.341. The molecule has 0 bridgehead atoms. The summed E-state index contributed by atoms with van der Waals surface area (Å²) in [4.78, 5) is 10.3. The summed E-state index contributed by atoms with van der Waals surface area (Å²) in [5.41, 5.74) is 2.81. The fourth-order valence-electron chi connectivity index (χ4n) is 2.44. The molecule has 0 aliphatic carbocycles. The van der Waals surface area contributed by atoms with Crippen LogP contribution in [0.2, 0.25) is 0 Å². The van der Waals surface area contributed by atoms with Gasteiger partial charge in [0.15, 0.2) is 0 Å². The van der Waals surface area contributed by atoms with E-state index in [1.54, 1.807) is 25.4 Å². The molecule has 0 fully saturated rings. The predicted octanol–water partition coefficient (Wildman–Crippen LogP) is 2.60. The summed E-state index contributed by atoms with van der Waals surface area (Å²) in [6.45, 7) is -0.453. The Bertz CT molecular complexity index is 606. The van der Waals surface area contributed by atoms with Gasteiger partial charge in [0.25, 0.3) is 0 Å². The second kappa shape index (κ2) is 3.76. The van der Waals surface area contributed by atoms with E-state index in [4.69, 9.17) is 0 Å². The summed E-state index contributed by atoms with van der Waals surface area (Å²) >= 11 is 0. The van der Waals surface area contributed by atoms with Crippen molar-refractivity contribution in [2.45, 2.75) is 20.0 Å². The lowest BCUT2D eigenvalue weighted by molar-refractivity contribution is 0.0696. The minimum atomic E-state index is -2.58. The maximum Gasteiger partial charge on any atom is 0.320 e. The van der Waals surface area contributed by atoms with Gasteiger partial charge < -0.3 is 4.90 Å². The molecule has 0 radical (unpaired) electrons. The molecule has 0 amide bonds. The largest absolute Gasteiger partial charge is 0.367 e. The molecule has 0 saturated heterocycles. The van der Waals surface area contributed by atoms with Crippen molar-refractivity contribution in [1.82, 2.24) is 14.5 Å². The van der Waals surface area contributed by atoms with Crippen LogP contribution < -0.4 is 4.90 Å². The summed E-state index contributed by atoms with van der Waals surface area (Å²) in [5, 5.41) is 0. The van der Waals surface area contributed by atoms with Crippen molar-refractivity contribution in [3.8, 4) is 11.3 Å². The SMILES string of the molecule is Cc1nc2c(n1C(F)F)-c1ccncc1N(C)C2. The van der Waals surface area contributed by atoms with E-state index in [1.165, 1.54) is 0 Å². The molecule has 0 aromatic carbocycles. The summed E-state index contributed by atoms with van der Waals surface area (Å²) in [6, 6.07) is 1.75. The number of rotatable bonds is 1. The van der Waals surface area contributed by atoms with Crippen LogP contribution in [0.1, 0.15) is 18.1 Å². The maximum atomic E-state index is 13.1. The number of aryl methyl sites for hydroxylation is 1. The number of aromatic nitrogens is 3. The Hall–Kier alpha value is -1.98. The van der Waals surface area contributed by atoms with Gasteiger partial charge in [0.2, 0.25) is 0 Å². The van der Waals surface area contributed by atoms with E-state index in [0.717, 1.165) is 15.8 Å². The molecule has 94 valence electrons. The van der Waals surface area contributed by atoms with Gasteiger partial charge in [0.05, 0.1) is 29.8 Å². The normalized spacial score (nSPS) is 13.7. The molecule has 3 rings (SSSR count). The Kier molecular flexibility index (Phi) is 2.33. The van der Waals surface area contributed by atoms with Gasteiger partial charge in [-0.3, -0.25) is 9.55 Å². The van der Waals surface area contributed by atoms with Crippen LogP contribution >= 0.6 is 0 Å². The van der Waals surface area contributed by atoms with E-state index in [0.29, 0.717) is 23.8 Å². The summed E-state index contributed by atoms with van der Waals surface area (Å²) < 4.78 is 27.3. The first-order chi connectivity index (χ1) is 8.59. The molecule has 0 spiro atoms. The van der Waals surface area contributed by atoms with E-state index in [1.807, 2.05) is 11.9 Å². The molecule has 0 N–H and O–H groups in total. The van der Waals surface area contributed by atoms with Crippen LogP contribution in [0.15, 0.2) is 18.5 Å². The lowest BCUT2D eigenvalue weighted by atomic mass is 10.0. The molecule has 0 atom stereocenters.